The highest BCUT2D eigenvalue weighted by Crippen LogP contribution is 2.29. The molecule has 1 fully saturated rings. The molecule has 2 aromatic rings. The van der Waals surface area contributed by atoms with Crippen molar-refractivity contribution in [2.45, 2.75) is 54.6 Å². The molecule has 1 atom stereocenters. The number of carbonyl (C=O) groups is 1. The number of sulfonamides is 1. The summed E-state index contributed by atoms with van der Waals surface area (Å²) in [6.45, 7) is 2.36. The molecular weight excluding hydrogens is 531 g/mol. The van der Waals surface area contributed by atoms with E-state index in [1.807, 2.05) is 6.92 Å². The SMILES string of the molecule is C[C@@H](NC(=O)[C@H]1CC[C@H](NS(=O)(=O)c2cnc(SCCN)c(Br)c2)CC1)c1ccc(F)cc1. The molecule has 11 heteroatoms. The second-order valence-corrected chi connectivity index (χ2v) is 11.7. The van der Waals surface area contributed by atoms with Gasteiger partial charge in [0, 0.05) is 30.5 Å². The maximum Gasteiger partial charge on any atom is 0.242 e. The second kappa shape index (κ2) is 11.7. The van der Waals surface area contributed by atoms with Gasteiger partial charge in [-0.2, -0.15) is 0 Å². The van der Waals surface area contributed by atoms with Crippen molar-refractivity contribution in [3.05, 3.63) is 52.4 Å². The summed E-state index contributed by atoms with van der Waals surface area (Å²) in [7, 11) is -3.72. The van der Waals surface area contributed by atoms with Crippen LogP contribution in [0.4, 0.5) is 4.39 Å². The number of hydrogen-bond donors (Lipinski definition) is 3. The quantitative estimate of drug-likeness (QED) is 0.404. The van der Waals surface area contributed by atoms with Crippen molar-refractivity contribution in [3.8, 4) is 0 Å². The van der Waals surface area contributed by atoms with Crippen molar-refractivity contribution < 1.29 is 17.6 Å². The number of nitrogens with two attached hydrogens (primary N) is 1. The lowest BCUT2D eigenvalue weighted by Crippen LogP contribution is -2.41. The van der Waals surface area contributed by atoms with Crippen LogP contribution in [-0.2, 0) is 14.8 Å². The number of benzene rings is 1. The lowest BCUT2D eigenvalue weighted by molar-refractivity contribution is -0.126. The number of carbonyl (C=O) groups excluding carboxylic acids is 1. The predicted octanol–water partition coefficient (Wildman–Crippen LogP) is 3.75. The molecule has 1 aliphatic rings. The number of amides is 1. The number of thioether (sulfide) groups is 1. The summed E-state index contributed by atoms with van der Waals surface area (Å²) < 4.78 is 42.1. The van der Waals surface area contributed by atoms with Crippen LogP contribution >= 0.6 is 27.7 Å². The highest BCUT2D eigenvalue weighted by molar-refractivity contribution is 9.10. The summed E-state index contributed by atoms with van der Waals surface area (Å²) in [6, 6.07) is 7.13. The van der Waals surface area contributed by atoms with E-state index in [1.165, 1.54) is 30.1 Å². The standard InChI is InChI=1S/C22H28BrFN4O3S2/c1-14(15-2-6-17(24)7-3-15)27-21(29)16-4-8-18(9-5-16)28-33(30,31)19-12-20(23)22(26-13-19)32-11-10-25/h2-3,6-7,12-14,16,18,28H,4-5,8-11,25H2,1H3,(H,27,29)/t14-,16-,18-/m1/s1. The Bertz CT molecular complexity index is 1060. The van der Waals surface area contributed by atoms with Crippen molar-refractivity contribution in [1.82, 2.24) is 15.0 Å². The summed E-state index contributed by atoms with van der Waals surface area (Å²) in [4.78, 5) is 17.0. The van der Waals surface area contributed by atoms with Crippen molar-refractivity contribution in [2.24, 2.45) is 11.7 Å². The Morgan fingerprint density at radius 3 is 2.55 bits per heavy atom. The van der Waals surface area contributed by atoms with Crippen LogP contribution in [0.5, 0.6) is 0 Å². The largest absolute Gasteiger partial charge is 0.349 e. The topological polar surface area (TPSA) is 114 Å². The minimum absolute atomic E-state index is 0.0631. The number of halogens is 2. The molecule has 1 aromatic heterocycles. The first-order valence-corrected chi connectivity index (χ1v) is 14.0. The normalized spacial score (nSPS) is 19.8. The average Bonchev–Trinajstić information content (AvgIpc) is 2.78. The molecule has 4 N–H and O–H groups in total. The third kappa shape index (κ3) is 7.22. The van der Waals surface area contributed by atoms with Gasteiger partial charge in [0.1, 0.15) is 15.7 Å². The van der Waals surface area contributed by atoms with Gasteiger partial charge in [0.05, 0.1) is 10.5 Å². The Labute approximate surface area is 206 Å². The fourth-order valence-corrected chi connectivity index (χ4v) is 6.50. The van der Waals surface area contributed by atoms with E-state index in [4.69, 9.17) is 5.73 Å². The van der Waals surface area contributed by atoms with Crippen LogP contribution in [0.3, 0.4) is 0 Å². The number of hydrogen-bond acceptors (Lipinski definition) is 6. The zero-order valence-corrected chi connectivity index (χ0v) is 21.5. The van der Waals surface area contributed by atoms with Gasteiger partial charge in [0.15, 0.2) is 0 Å². The molecule has 0 aliphatic heterocycles. The fourth-order valence-electron chi connectivity index (χ4n) is 3.74. The van der Waals surface area contributed by atoms with E-state index in [9.17, 15) is 17.6 Å². The molecule has 0 unspecified atom stereocenters. The number of rotatable bonds is 9. The zero-order chi connectivity index (χ0) is 24.0. The monoisotopic (exact) mass is 558 g/mol. The third-order valence-corrected chi connectivity index (χ3v) is 8.99. The molecule has 1 saturated carbocycles. The van der Waals surface area contributed by atoms with E-state index in [1.54, 1.807) is 18.2 Å². The molecule has 0 bridgehead atoms. The summed E-state index contributed by atoms with van der Waals surface area (Å²) in [5.74, 6) is 0.132. The molecule has 1 aliphatic carbocycles. The van der Waals surface area contributed by atoms with E-state index < -0.39 is 10.0 Å². The van der Waals surface area contributed by atoms with Gasteiger partial charge in [-0.1, -0.05) is 12.1 Å². The van der Waals surface area contributed by atoms with Gasteiger partial charge in [0.2, 0.25) is 15.9 Å². The lowest BCUT2D eigenvalue weighted by Gasteiger charge is -2.29. The van der Waals surface area contributed by atoms with E-state index >= 15 is 0 Å². The van der Waals surface area contributed by atoms with E-state index in [0.29, 0.717) is 47.5 Å². The third-order valence-electron chi connectivity index (χ3n) is 5.60. The molecule has 33 heavy (non-hydrogen) atoms. The first-order valence-electron chi connectivity index (χ1n) is 10.8. The maximum absolute atomic E-state index is 13.1. The number of pyridine rings is 1. The minimum Gasteiger partial charge on any atom is -0.349 e. The molecule has 1 aromatic carbocycles. The van der Waals surface area contributed by atoms with Crippen LogP contribution in [-0.4, -0.2) is 37.6 Å². The van der Waals surface area contributed by atoms with Crippen LogP contribution in [0.1, 0.15) is 44.2 Å². The molecule has 1 amide bonds. The number of nitrogens with zero attached hydrogens (tertiary/aromatic N) is 1. The summed E-state index contributed by atoms with van der Waals surface area (Å²) in [5, 5.41) is 3.67. The Kier molecular flexibility index (Phi) is 9.28. The van der Waals surface area contributed by atoms with E-state index in [0.717, 1.165) is 5.56 Å². The van der Waals surface area contributed by atoms with Crippen molar-refractivity contribution in [1.29, 1.82) is 0 Å². The van der Waals surface area contributed by atoms with E-state index in [-0.39, 0.29) is 34.6 Å². The molecule has 7 nitrogen and oxygen atoms in total. The van der Waals surface area contributed by atoms with Crippen molar-refractivity contribution in [3.63, 3.8) is 0 Å². The van der Waals surface area contributed by atoms with Crippen LogP contribution in [0, 0.1) is 11.7 Å². The first kappa shape index (κ1) is 26.1. The van der Waals surface area contributed by atoms with Gasteiger partial charge in [0.25, 0.3) is 0 Å². The van der Waals surface area contributed by atoms with Gasteiger partial charge in [-0.25, -0.2) is 22.5 Å². The zero-order valence-electron chi connectivity index (χ0n) is 18.3. The van der Waals surface area contributed by atoms with Crippen LogP contribution in [0.15, 0.2) is 50.9 Å². The Hall–Kier alpha value is -1.53. The molecule has 3 rings (SSSR count). The smallest absolute Gasteiger partial charge is 0.242 e. The molecule has 0 spiro atoms. The number of aromatic nitrogens is 1. The summed E-state index contributed by atoms with van der Waals surface area (Å²) >= 11 is 4.83. The Morgan fingerprint density at radius 2 is 1.94 bits per heavy atom. The molecule has 1 heterocycles. The highest BCUT2D eigenvalue weighted by atomic mass is 79.9. The lowest BCUT2D eigenvalue weighted by atomic mass is 9.85. The number of nitrogens with one attached hydrogen (secondary N) is 2. The van der Waals surface area contributed by atoms with Gasteiger partial charge in [-0.05, 0) is 72.3 Å². The summed E-state index contributed by atoms with van der Waals surface area (Å²) in [5.41, 5.74) is 6.34. The van der Waals surface area contributed by atoms with Crippen LogP contribution in [0.25, 0.3) is 0 Å². The maximum atomic E-state index is 13.1. The van der Waals surface area contributed by atoms with Crippen molar-refractivity contribution in [2.75, 3.05) is 12.3 Å². The van der Waals surface area contributed by atoms with Gasteiger partial charge < -0.3 is 11.1 Å². The fraction of sp³-hybridized carbons (Fsp3) is 0.455. The van der Waals surface area contributed by atoms with E-state index in [2.05, 4.69) is 31.0 Å². The molecule has 180 valence electrons. The van der Waals surface area contributed by atoms with Gasteiger partial charge in [-0.15, -0.1) is 11.8 Å². The molecule has 0 radical (unpaired) electrons. The van der Waals surface area contributed by atoms with Crippen molar-refractivity contribution >= 4 is 43.6 Å². The Balaban J connectivity index is 1.52. The molecular formula is C22H28BrFN4O3S2. The Morgan fingerprint density at radius 1 is 1.27 bits per heavy atom. The first-order chi connectivity index (χ1) is 15.7. The summed E-state index contributed by atoms with van der Waals surface area (Å²) in [6.07, 6.45) is 3.67. The van der Waals surface area contributed by atoms with Gasteiger partial charge in [-0.3, -0.25) is 4.79 Å². The van der Waals surface area contributed by atoms with Gasteiger partial charge >= 0.3 is 0 Å². The highest BCUT2D eigenvalue weighted by Gasteiger charge is 2.30. The average molecular weight is 560 g/mol. The van der Waals surface area contributed by atoms with Crippen LogP contribution in [0.2, 0.25) is 0 Å². The minimum atomic E-state index is -3.72. The van der Waals surface area contributed by atoms with Crippen LogP contribution < -0.4 is 15.8 Å². The molecule has 0 saturated heterocycles. The second-order valence-electron chi connectivity index (χ2n) is 8.05. The predicted molar refractivity (Wildman–Crippen MR) is 131 cm³/mol.